The normalized spacial score (nSPS) is 10.5. The van der Waals surface area contributed by atoms with Gasteiger partial charge in [-0.3, -0.25) is 0 Å². The van der Waals surface area contributed by atoms with Gasteiger partial charge in [0.15, 0.2) is 6.40 Å². The molecule has 0 aliphatic rings. The highest BCUT2D eigenvalue weighted by atomic mass is 16.5. The highest BCUT2D eigenvalue weighted by Gasteiger charge is 1.86. The molecule has 0 aliphatic heterocycles. The van der Waals surface area contributed by atoms with Gasteiger partial charge in [-0.15, -0.1) is 0 Å². The van der Waals surface area contributed by atoms with Gasteiger partial charge in [0.2, 0.25) is 0 Å². The molecular formula is C10H13NO. The van der Waals surface area contributed by atoms with Crippen molar-refractivity contribution in [2.24, 2.45) is 4.99 Å². The smallest absolute Gasteiger partial charge is 0.174 e. The largest absolute Gasteiger partial charge is 0.483 e. The van der Waals surface area contributed by atoms with Gasteiger partial charge in [0.1, 0.15) is 0 Å². The van der Waals surface area contributed by atoms with Crippen LogP contribution in [0.25, 0.3) is 0 Å². The van der Waals surface area contributed by atoms with Gasteiger partial charge in [0, 0.05) is 0 Å². The van der Waals surface area contributed by atoms with Crippen LogP contribution in [0.1, 0.15) is 12.5 Å². The van der Waals surface area contributed by atoms with E-state index in [1.165, 1.54) is 12.0 Å². The maximum Gasteiger partial charge on any atom is 0.174 e. The van der Waals surface area contributed by atoms with Gasteiger partial charge in [-0.05, 0) is 31.5 Å². The molecule has 0 radical (unpaired) electrons. The van der Waals surface area contributed by atoms with E-state index < -0.39 is 0 Å². The van der Waals surface area contributed by atoms with Crippen LogP contribution in [0.5, 0.6) is 0 Å². The van der Waals surface area contributed by atoms with Crippen LogP contribution in [0, 0.1) is 6.92 Å². The summed E-state index contributed by atoms with van der Waals surface area (Å²) in [6.07, 6.45) is 1.48. The molecule has 0 amide bonds. The maximum atomic E-state index is 4.99. The fourth-order valence-electron chi connectivity index (χ4n) is 0.881. The van der Waals surface area contributed by atoms with E-state index >= 15 is 0 Å². The highest BCUT2D eigenvalue weighted by Crippen LogP contribution is 2.12. The molecule has 64 valence electrons. The Morgan fingerprint density at radius 3 is 3.00 bits per heavy atom. The van der Waals surface area contributed by atoms with Gasteiger partial charge in [-0.2, -0.15) is 0 Å². The maximum absolute atomic E-state index is 4.99. The third kappa shape index (κ3) is 2.74. The summed E-state index contributed by atoms with van der Waals surface area (Å²) in [5.41, 5.74) is 2.14. The van der Waals surface area contributed by atoms with Crippen LogP contribution in [-0.2, 0) is 4.74 Å². The number of ether oxygens (including phenoxy) is 1. The minimum atomic E-state index is 0.662. The lowest BCUT2D eigenvalue weighted by Gasteiger charge is -1.95. The zero-order valence-corrected chi connectivity index (χ0v) is 7.45. The topological polar surface area (TPSA) is 21.6 Å². The molecule has 12 heavy (non-hydrogen) atoms. The van der Waals surface area contributed by atoms with E-state index in [0.717, 1.165) is 5.69 Å². The second-order valence-electron chi connectivity index (χ2n) is 2.53. The molecule has 0 bridgehead atoms. The summed E-state index contributed by atoms with van der Waals surface area (Å²) in [6, 6.07) is 7.98. The van der Waals surface area contributed by atoms with E-state index in [-0.39, 0.29) is 0 Å². The highest BCUT2D eigenvalue weighted by molar-refractivity contribution is 5.55. The van der Waals surface area contributed by atoms with Crippen molar-refractivity contribution in [2.45, 2.75) is 13.8 Å². The minimum Gasteiger partial charge on any atom is -0.483 e. The molecule has 0 spiro atoms. The van der Waals surface area contributed by atoms with Gasteiger partial charge in [-0.25, -0.2) is 4.99 Å². The molecule has 1 rings (SSSR count). The monoisotopic (exact) mass is 163 g/mol. The molecule has 0 N–H and O–H groups in total. The second-order valence-corrected chi connectivity index (χ2v) is 2.53. The lowest BCUT2D eigenvalue weighted by Crippen LogP contribution is -1.83. The van der Waals surface area contributed by atoms with Crippen molar-refractivity contribution in [3.63, 3.8) is 0 Å². The van der Waals surface area contributed by atoms with Crippen LogP contribution in [-0.4, -0.2) is 13.0 Å². The van der Waals surface area contributed by atoms with Gasteiger partial charge in [0.25, 0.3) is 0 Å². The predicted molar refractivity (Wildman–Crippen MR) is 51.0 cm³/mol. The summed E-state index contributed by atoms with van der Waals surface area (Å²) in [4.78, 5) is 4.11. The first-order valence-electron chi connectivity index (χ1n) is 4.03. The Kier molecular flexibility index (Phi) is 3.33. The SMILES string of the molecule is CCOC=Nc1cccc(C)c1. The van der Waals surface area contributed by atoms with E-state index in [9.17, 15) is 0 Å². The van der Waals surface area contributed by atoms with Crippen LogP contribution >= 0.6 is 0 Å². The van der Waals surface area contributed by atoms with Crippen LogP contribution in [0.3, 0.4) is 0 Å². The first-order valence-corrected chi connectivity index (χ1v) is 4.03. The number of aryl methyl sites for hydroxylation is 1. The fraction of sp³-hybridized carbons (Fsp3) is 0.300. The Hall–Kier alpha value is -1.31. The number of rotatable bonds is 3. The van der Waals surface area contributed by atoms with Crippen LogP contribution in [0.4, 0.5) is 5.69 Å². The number of hydrogen-bond donors (Lipinski definition) is 0. The first kappa shape index (κ1) is 8.78. The summed E-state index contributed by atoms with van der Waals surface area (Å²) >= 11 is 0. The van der Waals surface area contributed by atoms with Crippen molar-refractivity contribution < 1.29 is 4.74 Å². The van der Waals surface area contributed by atoms with E-state index in [0.29, 0.717) is 6.61 Å². The van der Waals surface area contributed by atoms with Crippen molar-refractivity contribution in [3.8, 4) is 0 Å². The zero-order chi connectivity index (χ0) is 8.81. The second kappa shape index (κ2) is 4.54. The lowest BCUT2D eigenvalue weighted by atomic mass is 10.2. The zero-order valence-electron chi connectivity index (χ0n) is 7.45. The summed E-state index contributed by atoms with van der Waals surface area (Å²) in [5.74, 6) is 0. The van der Waals surface area contributed by atoms with Crippen LogP contribution in [0.15, 0.2) is 29.3 Å². The van der Waals surface area contributed by atoms with E-state index in [4.69, 9.17) is 4.74 Å². The first-order chi connectivity index (χ1) is 5.83. The summed E-state index contributed by atoms with van der Waals surface area (Å²) < 4.78 is 4.99. The van der Waals surface area contributed by atoms with Crippen molar-refractivity contribution in [3.05, 3.63) is 29.8 Å². The van der Waals surface area contributed by atoms with E-state index in [1.54, 1.807) is 0 Å². The quantitative estimate of drug-likeness (QED) is 0.496. The molecule has 0 fully saturated rings. The van der Waals surface area contributed by atoms with Crippen LogP contribution in [0.2, 0.25) is 0 Å². The third-order valence-electron chi connectivity index (χ3n) is 1.44. The number of nitrogens with zero attached hydrogens (tertiary/aromatic N) is 1. The van der Waals surface area contributed by atoms with Gasteiger partial charge >= 0.3 is 0 Å². The molecule has 0 aromatic heterocycles. The molecule has 2 heteroatoms. The van der Waals surface area contributed by atoms with Crippen LogP contribution < -0.4 is 0 Å². The molecule has 0 aliphatic carbocycles. The molecule has 1 aromatic carbocycles. The molecule has 0 atom stereocenters. The van der Waals surface area contributed by atoms with Gasteiger partial charge in [-0.1, -0.05) is 12.1 Å². The third-order valence-corrected chi connectivity index (χ3v) is 1.44. The average molecular weight is 163 g/mol. The molecule has 0 saturated heterocycles. The van der Waals surface area contributed by atoms with E-state index in [2.05, 4.69) is 4.99 Å². The Morgan fingerprint density at radius 2 is 2.33 bits per heavy atom. The summed E-state index contributed by atoms with van der Waals surface area (Å²) in [7, 11) is 0. The minimum absolute atomic E-state index is 0.662. The fourth-order valence-corrected chi connectivity index (χ4v) is 0.881. The summed E-state index contributed by atoms with van der Waals surface area (Å²) in [6.45, 7) is 4.64. The molecule has 0 unspecified atom stereocenters. The molecular weight excluding hydrogens is 150 g/mol. The number of aliphatic imine (C=N–C) groups is 1. The number of benzene rings is 1. The standard InChI is InChI=1S/C10H13NO/c1-3-12-8-11-10-6-4-5-9(2)7-10/h4-8H,3H2,1-2H3. The lowest BCUT2D eigenvalue weighted by molar-refractivity contribution is 0.344. The Morgan fingerprint density at radius 1 is 1.50 bits per heavy atom. The molecule has 2 nitrogen and oxygen atoms in total. The Labute approximate surface area is 72.9 Å². The predicted octanol–water partition coefficient (Wildman–Crippen LogP) is 2.69. The molecule has 0 saturated carbocycles. The van der Waals surface area contributed by atoms with Crippen molar-refractivity contribution >= 4 is 12.1 Å². The van der Waals surface area contributed by atoms with Gasteiger partial charge in [0.05, 0.1) is 12.3 Å². The van der Waals surface area contributed by atoms with Crippen molar-refractivity contribution in [1.82, 2.24) is 0 Å². The number of hydrogen-bond acceptors (Lipinski definition) is 2. The van der Waals surface area contributed by atoms with Crippen molar-refractivity contribution in [1.29, 1.82) is 0 Å². The van der Waals surface area contributed by atoms with Gasteiger partial charge < -0.3 is 4.74 Å². The summed E-state index contributed by atoms with van der Waals surface area (Å²) in [5, 5.41) is 0. The molecule has 1 aromatic rings. The van der Waals surface area contributed by atoms with Crippen molar-refractivity contribution in [2.75, 3.05) is 6.61 Å². The Bertz CT molecular complexity index is 268. The molecule has 0 heterocycles. The van der Waals surface area contributed by atoms with E-state index in [1.807, 2.05) is 38.1 Å². The average Bonchev–Trinajstić information content (AvgIpc) is 2.05. The Balaban J connectivity index is 2.63.